The van der Waals surface area contributed by atoms with E-state index in [1.807, 2.05) is 48.8 Å². The number of carbonyl (C=O) groups excluding carboxylic acids is 3. The van der Waals surface area contributed by atoms with Crippen LogP contribution in [0.15, 0.2) is 54.9 Å². The number of H-pyrrole nitrogens is 1. The second-order valence-electron chi connectivity index (χ2n) is 9.43. The molecule has 3 atom stereocenters. The van der Waals surface area contributed by atoms with Crippen molar-refractivity contribution in [1.82, 2.24) is 14.5 Å². The first-order valence-electron chi connectivity index (χ1n) is 11.9. The van der Waals surface area contributed by atoms with Gasteiger partial charge in [-0.15, -0.1) is 0 Å². The summed E-state index contributed by atoms with van der Waals surface area (Å²) in [6.45, 7) is 1.93. The summed E-state index contributed by atoms with van der Waals surface area (Å²) in [4.78, 5) is 43.9. The van der Waals surface area contributed by atoms with E-state index in [9.17, 15) is 14.4 Å². The van der Waals surface area contributed by atoms with E-state index in [0.29, 0.717) is 0 Å². The van der Waals surface area contributed by atoms with Gasteiger partial charge in [-0.25, -0.2) is 4.90 Å². The van der Waals surface area contributed by atoms with Crippen molar-refractivity contribution in [3.8, 4) is 0 Å². The van der Waals surface area contributed by atoms with E-state index in [4.69, 9.17) is 10.5 Å². The predicted molar refractivity (Wildman–Crippen MR) is 131 cm³/mol. The number of aryl methyl sites for hydroxylation is 2. The maximum absolute atomic E-state index is 13.8. The lowest BCUT2D eigenvalue weighted by Gasteiger charge is -2.15. The number of aromatic amines is 1. The molecule has 6 rings (SSSR count). The first kappa shape index (κ1) is 21.6. The van der Waals surface area contributed by atoms with Crippen LogP contribution in [0.1, 0.15) is 41.9 Å². The number of esters is 1. The van der Waals surface area contributed by atoms with Crippen molar-refractivity contribution in [2.24, 2.45) is 5.73 Å². The number of nitrogens with one attached hydrogen (secondary N) is 1. The van der Waals surface area contributed by atoms with Crippen LogP contribution in [0.4, 0.5) is 0 Å². The van der Waals surface area contributed by atoms with Crippen LogP contribution in [0.3, 0.4) is 0 Å². The Morgan fingerprint density at radius 3 is 2.63 bits per heavy atom. The Labute approximate surface area is 201 Å². The Kier molecular flexibility index (Phi) is 5.00. The number of likely N-dealkylation sites (tertiary alicyclic amines) is 1. The lowest BCUT2D eigenvalue weighted by molar-refractivity contribution is -0.156. The zero-order valence-electron chi connectivity index (χ0n) is 19.4. The number of aromatic nitrogens is 2. The highest BCUT2D eigenvalue weighted by atomic mass is 16.5. The highest BCUT2D eigenvalue weighted by molar-refractivity contribution is 6.13. The summed E-state index contributed by atoms with van der Waals surface area (Å²) in [5.74, 6) is -2.88. The van der Waals surface area contributed by atoms with Gasteiger partial charge in [0, 0.05) is 35.2 Å². The zero-order chi connectivity index (χ0) is 24.3. The van der Waals surface area contributed by atoms with Crippen molar-refractivity contribution < 1.29 is 19.1 Å². The number of benzene rings is 2. The van der Waals surface area contributed by atoms with E-state index in [1.165, 1.54) is 12.5 Å². The molecule has 0 bridgehead atoms. The van der Waals surface area contributed by atoms with Crippen molar-refractivity contribution in [2.45, 2.75) is 44.2 Å². The highest BCUT2D eigenvalue weighted by Gasteiger charge is 2.51. The number of nitrogens with zero attached hydrogens (tertiary/aromatic N) is 2. The molecular formula is C27H26N4O4. The molecule has 8 heteroatoms. The number of hydrogen-bond donors (Lipinski definition) is 2. The number of imide groups is 1. The number of ether oxygens (including phenoxy) is 1. The molecule has 1 unspecified atom stereocenters. The molecule has 35 heavy (non-hydrogen) atoms. The molecule has 1 fully saturated rings. The van der Waals surface area contributed by atoms with E-state index in [1.54, 1.807) is 0 Å². The summed E-state index contributed by atoms with van der Waals surface area (Å²) in [7, 11) is 0. The topological polar surface area (TPSA) is 110 Å². The van der Waals surface area contributed by atoms with E-state index < -0.39 is 30.6 Å². The molecular weight excluding hydrogens is 444 g/mol. The van der Waals surface area contributed by atoms with Crippen LogP contribution in [0, 0.1) is 0 Å². The van der Waals surface area contributed by atoms with E-state index in [0.717, 1.165) is 57.2 Å². The van der Waals surface area contributed by atoms with Crippen molar-refractivity contribution in [1.29, 1.82) is 0 Å². The number of carbonyl (C=O) groups is 3. The third-order valence-electron chi connectivity index (χ3n) is 7.25. The van der Waals surface area contributed by atoms with Gasteiger partial charge in [-0.05, 0) is 42.5 Å². The maximum atomic E-state index is 13.8. The standard InChI is InChI=1S/C27H26N4O4/c1-15(28)27(34)35-14-31-25(32)22(19-12-29-21-10-3-2-8-17(19)21)23(26(31)33)20-13-30-11-5-7-16-6-4-9-18(20)24(16)30/h2-4,6,8-10,12-13,15,22-23,29H,5,7,11,14,28H2,1H3/t15?,22-,23-/m0/s1. The van der Waals surface area contributed by atoms with Crippen LogP contribution >= 0.6 is 0 Å². The van der Waals surface area contributed by atoms with Crippen molar-refractivity contribution in [2.75, 3.05) is 6.73 Å². The van der Waals surface area contributed by atoms with Gasteiger partial charge >= 0.3 is 5.97 Å². The number of amides is 2. The van der Waals surface area contributed by atoms with Gasteiger partial charge in [0.05, 0.1) is 17.4 Å². The zero-order valence-corrected chi connectivity index (χ0v) is 19.4. The molecule has 0 spiro atoms. The Bertz CT molecular complexity index is 1500. The van der Waals surface area contributed by atoms with Crippen LogP contribution in [0.25, 0.3) is 21.8 Å². The molecule has 2 aromatic carbocycles. The maximum Gasteiger partial charge on any atom is 0.324 e. The van der Waals surface area contributed by atoms with Crippen LogP contribution in [-0.2, 0) is 32.1 Å². The third kappa shape index (κ3) is 3.28. The fourth-order valence-electron chi connectivity index (χ4n) is 5.62. The molecule has 8 nitrogen and oxygen atoms in total. The molecule has 4 heterocycles. The molecule has 4 aromatic rings. The van der Waals surface area contributed by atoms with Gasteiger partial charge in [-0.3, -0.25) is 14.4 Å². The molecule has 2 aliphatic rings. The normalized spacial score (nSPS) is 20.7. The first-order chi connectivity index (χ1) is 17.0. The Balaban J connectivity index is 1.50. The SMILES string of the molecule is CC(N)C(=O)OCN1C(=O)[C@@H](c2c[nH]c3ccccc23)[C@H](c2cn3c4c(cccc24)CCC3)C1=O. The Morgan fingerprint density at radius 2 is 1.83 bits per heavy atom. The van der Waals surface area contributed by atoms with Crippen molar-refractivity contribution >= 4 is 39.6 Å². The van der Waals surface area contributed by atoms with Crippen molar-refractivity contribution in [3.05, 3.63) is 71.5 Å². The smallest absolute Gasteiger partial charge is 0.324 e. The Morgan fingerprint density at radius 1 is 1.09 bits per heavy atom. The fourth-order valence-corrected chi connectivity index (χ4v) is 5.62. The van der Waals surface area contributed by atoms with Gasteiger partial charge in [0.2, 0.25) is 11.8 Å². The van der Waals surface area contributed by atoms with Crippen LogP contribution < -0.4 is 5.73 Å². The third-order valence-corrected chi connectivity index (χ3v) is 7.25. The van der Waals surface area contributed by atoms with Crippen molar-refractivity contribution in [3.63, 3.8) is 0 Å². The highest BCUT2D eigenvalue weighted by Crippen LogP contribution is 2.47. The molecule has 2 aliphatic heterocycles. The van der Waals surface area contributed by atoms with E-state index in [2.05, 4.69) is 15.6 Å². The second kappa shape index (κ2) is 8.09. The molecule has 3 N–H and O–H groups in total. The second-order valence-corrected chi connectivity index (χ2v) is 9.43. The molecule has 0 aliphatic carbocycles. The minimum absolute atomic E-state index is 0.369. The summed E-state index contributed by atoms with van der Waals surface area (Å²) in [6, 6.07) is 13.0. The van der Waals surface area contributed by atoms with Gasteiger partial charge in [0.1, 0.15) is 6.04 Å². The predicted octanol–water partition coefficient (Wildman–Crippen LogP) is 3.15. The van der Waals surface area contributed by atoms with Crippen LogP contribution in [-0.4, -0.2) is 45.0 Å². The molecule has 2 aromatic heterocycles. The quantitative estimate of drug-likeness (QED) is 0.344. The van der Waals surface area contributed by atoms with E-state index in [-0.39, 0.29) is 11.8 Å². The average Bonchev–Trinajstić information content (AvgIpc) is 3.51. The lowest BCUT2D eigenvalue weighted by Crippen LogP contribution is -2.37. The minimum Gasteiger partial charge on any atom is -0.443 e. The molecule has 1 saturated heterocycles. The molecule has 2 amide bonds. The number of para-hydroxylation sites is 2. The summed E-state index contributed by atoms with van der Waals surface area (Å²) < 4.78 is 7.42. The Hall–Kier alpha value is -3.91. The summed E-state index contributed by atoms with van der Waals surface area (Å²) >= 11 is 0. The average molecular weight is 471 g/mol. The molecule has 0 saturated carbocycles. The number of hydrogen-bond acceptors (Lipinski definition) is 5. The monoisotopic (exact) mass is 470 g/mol. The fraction of sp³-hybridized carbons (Fsp3) is 0.296. The van der Waals surface area contributed by atoms with Gasteiger partial charge in [0.15, 0.2) is 6.73 Å². The molecule has 0 radical (unpaired) electrons. The summed E-state index contributed by atoms with van der Waals surface area (Å²) in [5.41, 5.74) is 10.5. The first-order valence-corrected chi connectivity index (χ1v) is 11.9. The van der Waals surface area contributed by atoms with Crippen LogP contribution in [0.2, 0.25) is 0 Å². The molecule has 178 valence electrons. The van der Waals surface area contributed by atoms with Gasteiger partial charge in [-0.2, -0.15) is 0 Å². The van der Waals surface area contributed by atoms with Gasteiger partial charge in [0.25, 0.3) is 0 Å². The van der Waals surface area contributed by atoms with E-state index >= 15 is 0 Å². The lowest BCUT2D eigenvalue weighted by atomic mass is 9.83. The number of fused-ring (bicyclic) bond motifs is 1. The van der Waals surface area contributed by atoms with Gasteiger partial charge < -0.3 is 20.0 Å². The largest absolute Gasteiger partial charge is 0.443 e. The number of nitrogens with two attached hydrogens (primary N) is 1. The number of rotatable bonds is 5. The van der Waals surface area contributed by atoms with Gasteiger partial charge in [-0.1, -0.05) is 36.4 Å². The summed E-state index contributed by atoms with van der Waals surface area (Å²) in [5, 5.41) is 1.89. The van der Waals surface area contributed by atoms with Crippen LogP contribution in [0.5, 0.6) is 0 Å². The minimum atomic E-state index is -0.846. The summed E-state index contributed by atoms with van der Waals surface area (Å²) in [6.07, 6.45) is 5.86.